The van der Waals surface area contributed by atoms with Crippen LogP contribution >= 0.6 is 0 Å². The van der Waals surface area contributed by atoms with Gasteiger partial charge in [-0.1, -0.05) is 6.92 Å². The first-order valence-corrected chi connectivity index (χ1v) is 6.67. The van der Waals surface area contributed by atoms with Gasteiger partial charge in [-0.15, -0.1) is 0 Å². The number of piperazine rings is 1. The zero-order valence-electron chi connectivity index (χ0n) is 11.2. The van der Waals surface area contributed by atoms with Gasteiger partial charge in [0.1, 0.15) is 0 Å². The van der Waals surface area contributed by atoms with E-state index >= 15 is 0 Å². The molecule has 2 saturated heterocycles. The van der Waals surface area contributed by atoms with Crippen molar-refractivity contribution in [3.8, 4) is 0 Å². The summed E-state index contributed by atoms with van der Waals surface area (Å²) in [6.45, 7) is 8.58. The monoisotopic (exact) mass is 240 g/mol. The number of carbonyl (C=O) groups excluding carboxylic acids is 1. The fourth-order valence-corrected chi connectivity index (χ4v) is 3.13. The van der Waals surface area contributed by atoms with Gasteiger partial charge in [-0.3, -0.25) is 14.6 Å². The summed E-state index contributed by atoms with van der Waals surface area (Å²) in [6, 6.07) is 1.27. The summed E-state index contributed by atoms with van der Waals surface area (Å²) in [5, 5.41) is 0. The predicted molar refractivity (Wildman–Crippen MR) is 66.8 cm³/mol. The van der Waals surface area contributed by atoms with Gasteiger partial charge in [0.15, 0.2) is 0 Å². The normalized spacial score (nSPS) is 32.2. The Morgan fingerprint density at radius 1 is 1.47 bits per heavy atom. The van der Waals surface area contributed by atoms with Crippen LogP contribution < -0.4 is 0 Å². The van der Waals surface area contributed by atoms with Crippen LogP contribution in [0.25, 0.3) is 0 Å². The van der Waals surface area contributed by atoms with Gasteiger partial charge >= 0.3 is 5.97 Å². The number of carbonyl (C=O) groups is 1. The molecular weight excluding hydrogens is 216 g/mol. The molecule has 2 rings (SSSR count). The summed E-state index contributed by atoms with van der Waals surface area (Å²) < 4.78 is 4.80. The van der Waals surface area contributed by atoms with E-state index in [4.69, 9.17) is 4.74 Å². The zero-order valence-corrected chi connectivity index (χ0v) is 11.2. The van der Waals surface area contributed by atoms with Gasteiger partial charge in [0.2, 0.25) is 0 Å². The van der Waals surface area contributed by atoms with Crippen molar-refractivity contribution in [2.45, 2.75) is 38.8 Å². The Balaban J connectivity index is 1.90. The van der Waals surface area contributed by atoms with Gasteiger partial charge < -0.3 is 4.74 Å². The van der Waals surface area contributed by atoms with E-state index in [1.54, 1.807) is 0 Å². The molecule has 3 unspecified atom stereocenters. The van der Waals surface area contributed by atoms with Crippen molar-refractivity contribution in [1.29, 1.82) is 0 Å². The number of hydrogen-bond acceptors (Lipinski definition) is 4. The van der Waals surface area contributed by atoms with E-state index in [0.717, 1.165) is 25.7 Å². The Kier molecular flexibility index (Phi) is 4.05. The van der Waals surface area contributed by atoms with Crippen molar-refractivity contribution in [1.82, 2.24) is 9.80 Å². The summed E-state index contributed by atoms with van der Waals surface area (Å²) in [6.07, 6.45) is 2.65. The van der Waals surface area contributed by atoms with Crippen LogP contribution in [0.5, 0.6) is 0 Å². The lowest BCUT2D eigenvalue weighted by atomic mass is 10.1. The van der Waals surface area contributed by atoms with Crippen molar-refractivity contribution in [2.75, 3.05) is 33.3 Å². The molecule has 4 heteroatoms. The van der Waals surface area contributed by atoms with Crippen LogP contribution in [-0.4, -0.2) is 61.1 Å². The minimum Gasteiger partial charge on any atom is -0.469 e. The second-order valence-corrected chi connectivity index (χ2v) is 5.52. The van der Waals surface area contributed by atoms with Crippen LogP contribution in [-0.2, 0) is 9.53 Å². The van der Waals surface area contributed by atoms with Crippen molar-refractivity contribution < 1.29 is 9.53 Å². The molecule has 0 aromatic carbocycles. The maximum atomic E-state index is 11.5. The van der Waals surface area contributed by atoms with E-state index < -0.39 is 0 Å². The van der Waals surface area contributed by atoms with E-state index in [0.29, 0.717) is 6.04 Å². The van der Waals surface area contributed by atoms with E-state index in [1.165, 1.54) is 26.5 Å². The Morgan fingerprint density at radius 3 is 2.94 bits per heavy atom. The molecule has 0 aromatic rings. The van der Waals surface area contributed by atoms with Gasteiger partial charge in [-0.2, -0.15) is 0 Å². The molecule has 2 fully saturated rings. The minimum atomic E-state index is -0.0916. The summed E-state index contributed by atoms with van der Waals surface area (Å²) in [5.74, 6) is -0.110. The molecule has 0 N–H and O–H groups in total. The number of rotatable bonds is 3. The largest absolute Gasteiger partial charge is 0.469 e. The predicted octanol–water partition coefficient (Wildman–Crippen LogP) is 0.964. The third kappa shape index (κ3) is 2.80. The maximum absolute atomic E-state index is 11.5. The van der Waals surface area contributed by atoms with Crippen molar-refractivity contribution in [3.05, 3.63) is 0 Å². The molecule has 0 aliphatic carbocycles. The molecule has 0 aromatic heterocycles. The highest BCUT2D eigenvalue weighted by Gasteiger charge is 2.35. The molecule has 0 bridgehead atoms. The molecule has 98 valence electrons. The quantitative estimate of drug-likeness (QED) is 0.688. The van der Waals surface area contributed by atoms with Crippen molar-refractivity contribution in [2.24, 2.45) is 5.92 Å². The van der Waals surface area contributed by atoms with Gasteiger partial charge in [0.05, 0.1) is 13.0 Å². The highest BCUT2D eigenvalue weighted by molar-refractivity contribution is 5.72. The molecule has 0 spiro atoms. The number of methoxy groups -OCH3 is 1. The first-order valence-electron chi connectivity index (χ1n) is 6.67. The second kappa shape index (κ2) is 5.36. The number of esters is 1. The smallest absolute Gasteiger partial charge is 0.309 e. The van der Waals surface area contributed by atoms with Crippen molar-refractivity contribution in [3.63, 3.8) is 0 Å². The molecule has 0 saturated carbocycles. The molecule has 2 aliphatic rings. The lowest BCUT2D eigenvalue weighted by Gasteiger charge is -2.43. The third-order valence-corrected chi connectivity index (χ3v) is 4.18. The first kappa shape index (κ1) is 12.8. The van der Waals surface area contributed by atoms with Gasteiger partial charge in [0.25, 0.3) is 0 Å². The summed E-state index contributed by atoms with van der Waals surface area (Å²) in [4.78, 5) is 16.5. The van der Waals surface area contributed by atoms with Crippen LogP contribution in [0.3, 0.4) is 0 Å². The summed E-state index contributed by atoms with van der Waals surface area (Å²) in [7, 11) is 1.47. The number of ether oxygens (including phenoxy) is 1. The maximum Gasteiger partial charge on any atom is 0.309 e. The first-order chi connectivity index (χ1) is 8.11. The van der Waals surface area contributed by atoms with E-state index in [2.05, 4.69) is 16.7 Å². The molecule has 2 heterocycles. The van der Waals surface area contributed by atoms with Crippen LogP contribution in [0.2, 0.25) is 0 Å². The summed E-state index contributed by atoms with van der Waals surface area (Å²) in [5.41, 5.74) is 0. The van der Waals surface area contributed by atoms with Crippen LogP contribution in [0, 0.1) is 5.92 Å². The average molecular weight is 240 g/mol. The highest BCUT2D eigenvalue weighted by Crippen LogP contribution is 2.25. The second-order valence-electron chi connectivity index (χ2n) is 5.52. The van der Waals surface area contributed by atoms with E-state index in [1.807, 2.05) is 6.92 Å². The number of fused-ring (bicyclic) bond motifs is 1. The number of hydrogen-bond donors (Lipinski definition) is 0. The zero-order chi connectivity index (χ0) is 12.4. The SMILES string of the molecule is COC(=O)C(C)CN1CC2CCCN2CC1C. The third-order valence-electron chi connectivity index (χ3n) is 4.18. The molecule has 0 radical (unpaired) electrons. The van der Waals surface area contributed by atoms with Crippen molar-refractivity contribution >= 4 is 5.97 Å². The lowest BCUT2D eigenvalue weighted by molar-refractivity contribution is -0.146. The Morgan fingerprint density at radius 2 is 2.24 bits per heavy atom. The number of nitrogens with zero attached hydrogens (tertiary/aromatic N) is 2. The fraction of sp³-hybridized carbons (Fsp3) is 0.923. The van der Waals surface area contributed by atoms with Crippen LogP contribution in [0.1, 0.15) is 26.7 Å². The molecule has 3 atom stereocenters. The average Bonchev–Trinajstić information content (AvgIpc) is 2.75. The van der Waals surface area contributed by atoms with E-state index in [9.17, 15) is 4.79 Å². The Bertz CT molecular complexity index is 283. The molecule has 17 heavy (non-hydrogen) atoms. The minimum absolute atomic E-state index is 0.0181. The standard InChI is InChI=1S/C13H24N2O2/c1-10(13(16)17-3)7-15-9-12-5-4-6-14(12)8-11(15)2/h10-12H,4-9H2,1-3H3. The van der Waals surface area contributed by atoms with Crippen LogP contribution in [0.4, 0.5) is 0 Å². The molecular formula is C13H24N2O2. The van der Waals surface area contributed by atoms with Gasteiger partial charge in [0, 0.05) is 31.7 Å². The Hall–Kier alpha value is -0.610. The van der Waals surface area contributed by atoms with Gasteiger partial charge in [-0.25, -0.2) is 0 Å². The van der Waals surface area contributed by atoms with Gasteiger partial charge in [-0.05, 0) is 26.3 Å². The molecule has 2 aliphatic heterocycles. The fourth-order valence-electron chi connectivity index (χ4n) is 3.13. The van der Waals surface area contributed by atoms with E-state index in [-0.39, 0.29) is 11.9 Å². The topological polar surface area (TPSA) is 32.8 Å². The van der Waals surface area contributed by atoms with Crippen LogP contribution in [0.15, 0.2) is 0 Å². The molecule has 0 amide bonds. The Labute approximate surface area is 104 Å². The highest BCUT2D eigenvalue weighted by atomic mass is 16.5. The summed E-state index contributed by atoms with van der Waals surface area (Å²) >= 11 is 0. The lowest BCUT2D eigenvalue weighted by Crippen LogP contribution is -2.56. The molecule has 4 nitrogen and oxygen atoms in total.